The minimum atomic E-state index is -3.90. The fraction of sp³-hybridized carbons (Fsp3) is 0.316. The maximum absolute atomic E-state index is 13.1. The van der Waals surface area contributed by atoms with E-state index >= 15 is 0 Å². The van der Waals surface area contributed by atoms with E-state index in [4.69, 9.17) is 11.6 Å². The third-order valence-corrected chi connectivity index (χ3v) is 5.96. The second-order valence-electron chi connectivity index (χ2n) is 6.46. The Kier molecular flexibility index (Phi) is 6.67. The number of hydrogen-bond donors (Lipinski definition) is 1. The number of carbonyl (C=O) groups excluding carboxylic acids is 1. The lowest BCUT2D eigenvalue weighted by Crippen LogP contribution is -2.41. The third kappa shape index (κ3) is 4.99. The van der Waals surface area contributed by atoms with Crippen LogP contribution in [0.1, 0.15) is 19.4 Å². The Morgan fingerprint density at radius 2 is 1.81 bits per heavy atom. The summed E-state index contributed by atoms with van der Waals surface area (Å²) < 4.78 is 27.3. The zero-order chi connectivity index (χ0) is 19.3. The molecule has 0 spiro atoms. The topological polar surface area (TPSA) is 66.5 Å². The Morgan fingerprint density at radius 1 is 1.15 bits per heavy atom. The van der Waals surface area contributed by atoms with E-state index in [2.05, 4.69) is 5.32 Å². The molecule has 2 rings (SSSR count). The second-order valence-corrected chi connectivity index (χ2v) is 8.73. The molecule has 0 fully saturated rings. The van der Waals surface area contributed by atoms with Crippen molar-refractivity contribution in [1.82, 2.24) is 5.32 Å². The number of nitrogens with zero attached hydrogens (tertiary/aromatic N) is 1. The van der Waals surface area contributed by atoms with Crippen molar-refractivity contribution in [3.8, 4) is 0 Å². The van der Waals surface area contributed by atoms with Gasteiger partial charge in [-0.25, -0.2) is 8.42 Å². The average molecular weight is 395 g/mol. The molecule has 2 aromatic carbocycles. The van der Waals surface area contributed by atoms with Crippen LogP contribution in [0.25, 0.3) is 0 Å². The molecule has 1 N–H and O–H groups in total. The molecule has 0 aliphatic heterocycles. The van der Waals surface area contributed by atoms with Crippen molar-refractivity contribution < 1.29 is 13.2 Å². The van der Waals surface area contributed by atoms with Gasteiger partial charge in [-0.15, -0.1) is 0 Å². The van der Waals surface area contributed by atoms with Gasteiger partial charge in [0.2, 0.25) is 5.91 Å². The second kappa shape index (κ2) is 8.56. The van der Waals surface area contributed by atoms with Gasteiger partial charge < -0.3 is 5.32 Å². The molecule has 5 nitrogen and oxygen atoms in total. The largest absolute Gasteiger partial charge is 0.354 e. The summed E-state index contributed by atoms with van der Waals surface area (Å²) >= 11 is 6.17. The Balaban J connectivity index is 2.41. The summed E-state index contributed by atoms with van der Waals surface area (Å²) in [7, 11) is -3.90. The molecule has 0 bridgehead atoms. The maximum atomic E-state index is 13.1. The molecule has 0 unspecified atom stereocenters. The first kappa shape index (κ1) is 20.3. The Labute approximate surface area is 160 Å². The highest BCUT2D eigenvalue weighted by atomic mass is 35.5. The van der Waals surface area contributed by atoms with E-state index < -0.39 is 10.0 Å². The van der Waals surface area contributed by atoms with Crippen molar-refractivity contribution in [2.45, 2.75) is 25.7 Å². The number of nitrogens with one attached hydrogen (secondary N) is 1. The van der Waals surface area contributed by atoms with Crippen molar-refractivity contribution in [3.05, 3.63) is 59.1 Å². The van der Waals surface area contributed by atoms with Crippen molar-refractivity contribution >= 4 is 33.2 Å². The van der Waals surface area contributed by atoms with Gasteiger partial charge in [-0.1, -0.05) is 49.7 Å². The molecular formula is C19H23ClN2O3S. The molecule has 7 heteroatoms. The predicted molar refractivity (Wildman–Crippen MR) is 105 cm³/mol. The molecule has 26 heavy (non-hydrogen) atoms. The number of benzene rings is 2. The highest BCUT2D eigenvalue weighted by Crippen LogP contribution is 2.27. The molecule has 0 aliphatic carbocycles. The summed E-state index contributed by atoms with van der Waals surface area (Å²) in [6.07, 6.45) is 0. The van der Waals surface area contributed by atoms with Crippen molar-refractivity contribution in [1.29, 1.82) is 0 Å². The van der Waals surface area contributed by atoms with Gasteiger partial charge >= 0.3 is 0 Å². The number of carbonyl (C=O) groups is 1. The summed E-state index contributed by atoms with van der Waals surface area (Å²) in [5.74, 6) is -0.0955. The zero-order valence-corrected chi connectivity index (χ0v) is 16.6. The summed E-state index contributed by atoms with van der Waals surface area (Å²) in [5.41, 5.74) is 1.18. The molecule has 0 radical (unpaired) electrons. The van der Waals surface area contributed by atoms with E-state index in [9.17, 15) is 13.2 Å². The van der Waals surface area contributed by atoms with Crippen LogP contribution in [-0.2, 0) is 14.8 Å². The quantitative estimate of drug-likeness (QED) is 0.779. The third-order valence-electron chi connectivity index (χ3n) is 3.77. The van der Waals surface area contributed by atoms with Gasteiger partial charge in [0.25, 0.3) is 10.0 Å². The van der Waals surface area contributed by atoms with Crippen molar-refractivity contribution in [2.24, 2.45) is 5.92 Å². The zero-order valence-electron chi connectivity index (χ0n) is 15.1. The summed E-state index contributed by atoms with van der Waals surface area (Å²) in [5, 5.41) is 3.20. The van der Waals surface area contributed by atoms with Crippen LogP contribution in [0.2, 0.25) is 5.02 Å². The van der Waals surface area contributed by atoms with E-state index in [1.165, 1.54) is 12.1 Å². The molecule has 0 aromatic heterocycles. The van der Waals surface area contributed by atoms with Gasteiger partial charge in [0.1, 0.15) is 6.54 Å². The van der Waals surface area contributed by atoms with E-state index in [0.29, 0.717) is 17.3 Å². The normalized spacial score (nSPS) is 11.4. The predicted octanol–water partition coefficient (Wildman–Crippen LogP) is 3.62. The Hall–Kier alpha value is -2.05. The number of sulfonamides is 1. The summed E-state index contributed by atoms with van der Waals surface area (Å²) in [6, 6.07) is 13.0. The average Bonchev–Trinajstić information content (AvgIpc) is 2.61. The fourth-order valence-corrected chi connectivity index (χ4v) is 3.88. The van der Waals surface area contributed by atoms with Crippen LogP contribution in [0.3, 0.4) is 0 Å². The Morgan fingerprint density at radius 3 is 2.38 bits per heavy atom. The van der Waals surface area contributed by atoms with Crippen molar-refractivity contribution in [3.63, 3.8) is 0 Å². The van der Waals surface area contributed by atoms with E-state index in [1.54, 1.807) is 36.4 Å². The standard InChI is InChI=1S/C19H23ClN2O3S/c1-14(2)12-21-19(23)13-22(16-10-9-15(3)18(20)11-16)26(24,25)17-7-5-4-6-8-17/h4-11,14H,12-13H2,1-3H3,(H,21,23). The highest BCUT2D eigenvalue weighted by molar-refractivity contribution is 7.92. The molecule has 0 aliphatic rings. The van der Waals surface area contributed by atoms with Gasteiger partial charge in [0, 0.05) is 11.6 Å². The number of amides is 1. The lowest BCUT2D eigenvalue weighted by Gasteiger charge is -2.24. The van der Waals surface area contributed by atoms with Gasteiger partial charge in [-0.05, 0) is 42.7 Å². The molecule has 140 valence electrons. The van der Waals surface area contributed by atoms with Gasteiger partial charge in [0.15, 0.2) is 0 Å². The van der Waals surface area contributed by atoms with Crippen LogP contribution in [0.15, 0.2) is 53.4 Å². The summed E-state index contributed by atoms with van der Waals surface area (Å²) in [6.45, 7) is 5.94. The minimum absolute atomic E-state index is 0.119. The minimum Gasteiger partial charge on any atom is -0.354 e. The molecule has 2 aromatic rings. The molecule has 0 atom stereocenters. The van der Waals surface area contributed by atoms with Crippen LogP contribution >= 0.6 is 11.6 Å². The molecular weight excluding hydrogens is 372 g/mol. The lowest BCUT2D eigenvalue weighted by atomic mass is 10.2. The summed E-state index contributed by atoms with van der Waals surface area (Å²) in [4.78, 5) is 12.4. The van der Waals surface area contributed by atoms with Crippen molar-refractivity contribution in [2.75, 3.05) is 17.4 Å². The van der Waals surface area contributed by atoms with E-state index in [0.717, 1.165) is 9.87 Å². The number of hydrogen-bond acceptors (Lipinski definition) is 3. The molecule has 0 saturated heterocycles. The van der Waals surface area contributed by atoms with Crippen LogP contribution in [0.5, 0.6) is 0 Å². The van der Waals surface area contributed by atoms with Gasteiger partial charge in [-0.2, -0.15) is 0 Å². The van der Waals surface area contributed by atoms with Gasteiger partial charge in [0.05, 0.1) is 10.6 Å². The smallest absolute Gasteiger partial charge is 0.264 e. The lowest BCUT2D eigenvalue weighted by molar-refractivity contribution is -0.119. The first-order valence-electron chi connectivity index (χ1n) is 8.32. The highest BCUT2D eigenvalue weighted by Gasteiger charge is 2.27. The monoisotopic (exact) mass is 394 g/mol. The van der Waals surface area contributed by atoms with E-state index in [1.807, 2.05) is 20.8 Å². The first-order chi connectivity index (χ1) is 12.2. The van der Waals surface area contributed by atoms with Crippen LogP contribution in [0.4, 0.5) is 5.69 Å². The number of aryl methyl sites for hydroxylation is 1. The first-order valence-corrected chi connectivity index (χ1v) is 10.1. The fourth-order valence-electron chi connectivity index (χ4n) is 2.28. The van der Waals surface area contributed by atoms with Crippen LogP contribution in [0, 0.1) is 12.8 Å². The number of rotatable bonds is 7. The Bertz CT molecular complexity index is 868. The SMILES string of the molecule is Cc1ccc(N(CC(=O)NCC(C)C)S(=O)(=O)c2ccccc2)cc1Cl. The molecule has 1 amide bonds. The van der Waals surface area contributed by atoms with Crippen LogP contribution in [-0.4, -0.2) is 27.4 Å². The number of anilines is 1. The van der Waals surface area contributed by atoms with Gasteiger partial charge in [-0.3, -0.25) is 9.10 Å². The molecule has 0 heterocycles. The molecule has 0 saturated carbocycles. The maximum Gasteiger partial charge on any atom is 0.264 e. The van der Waals surface area contributed by atoms with E-state index in [-0.39, 0.29) is 23.3 Å². The number of halogens is 1. The van der Waals surface area contributed by atoms with Crippen LogP contribution < -0.4 is 9.62 Å².